The van der Waals surface area contributed by atoms with Crippen molar-refractivity contribution in [3.8, 4) is 0 Å². The van der Waals surface area contributed by atoms with Crippen molar-refractivity contribution in [3.63, 3.8) is 0 Å². The largest absolute Gasteiger partial charge is 0.383 e. The predicted molar refractivity (Wildman–Crippen MR) is 70.8 cm³/mol. The summed E-state index contributed by atoms with van der Waals surface area (Å²) in [6, 6.07) is 0. The lowest BCUT2D eigenvalue weighted by atomic mass is 9.87. The SMILES string of the molecule is CC1(C)CCc2nc(N3CCOCC3)nc(N)c21. The number of aromatic nitrogens is 2. The first-order chi connectivity index (χ1) is 8.58. The second-order valence-electron chi connectivity index (χ2n) is 5.71. The molecule has 98 valence electrons. The molecule has 0 amide bonds. The predicted octanol–water partition coefficient (Wildman–Crippen LogP) is 1.12. The summed E-state index contributed by atoms with van der Waals surface area (Å²) >= 11 is 0. The van der Waals surface area contributed by atoms with E-state index in [1.54, 1.807) is 0 Å². The van der Waals surface area contributed by atoms with Crippen molar-refractivity contribution in [2.45, 2.75) is 32.1 Å². The molecule has 1 aliphatic carbocycles. The molecule has 0 bridgehead atoms. The molecule has 1 aromatic rings. The zero-order valence-electron chi connectivity index (χ0n) is 11.1. The Morgan fingerprint density at radius 1 is 1.22 bits per heavy atom. The molecule has 0 saturated carbocycles. The molecule has 2 aliphatic rings. The zero-order valence-corrected chi connectivity index (χ0v) is 11.1. The molecule has 18 heavy (non-hydrogen) atoms. The summed E-state index contributed by atoms with van der Waals surface area (Å²) in [6.07, 6.45) is 2.11. The fourth-order valence-electron chi connectivity index (χ4n) is 2.89. The number of rotatable bonds is 1. The van der Waals surface area contributed by atoms with Crippen LogP contribution in [0.15, 0.2) is 0 Å². The van der Waals surface area contributed by atoms with Gasteiger partial charge >= 0.3 is 0 Å². The van der Waals surface area contributed by atoms with Crippen LogP contribution in [-0.2, 0) is 16.6 Å². The van der Waals surface area contributed by atoms with Gasteiger partial charge in [0, 0.05) is 18.7 Å². The van der Waals surface area contributed by atoms with E-state index in [1.807, 2.05) is 0 Å². The quantitative estimate of drug-likeness (QED) is 0.807. The number of anilines is 2. The van der Waals surface area contributed by atoms with E-state index in [4.69, 9.17) is 15.5 Å². The van der Waals surface area contributed by atoms with Gasteiger partial charge in [-0.25, -0.2) is 4.98 Å². The summed E-state index contributed by atoms with van der Waals surface area (Å²) < 4.78 is 5.35. The van der Waals surface area contributed by atoms with E-state index in [9.17, 15) is 0 Å². The molecule has 5 nitrogen and oxygen atoms in total. The van der Waals surface area contributed by atoms with Gasteiger partial charge in [-0.3, -0.25) is 0 Å². The van der Waals surface area contributed by atoms with Crippen LogP contribution in [0.4, 0.5) is 11.8 Å². The normalized spacial score (nSPS) is 22.0. The van der Waals surface area contributed by atoms with Crippen molar-refractivity contribution >= 4 is 11.8 Å². The summed E-state index contributed by atoms with van der Waals surface area (Å²) in [5.41, 5.74) is 8.55. The summed E-state index contributed by atoms with van der Waals surface area (Å²) in [4.78, 5) is 11.4. The first-order valence-electron chi connectivity index (χ1n) is 6.57. The third-order valence-electron chi connectivity index (χ3n) is 3.96. The lowest BCUT2D eigenvalue weighted by molar-refractivity contribution is 0.122. The number of nitrogen functional groups attached to an aromatic ring is 1. The van der Waals surface area contributed by atoms with Crippen LogP contribution in [-0.4, -0.2) is 36.3 Å². The summed E-state index contributed by atoms with van der Waals surface area (Å²) in [7, 11) is 0. The Hall–Kier alpha value is -1.36. The van der Waals surface area contributed by atoms with Gasteiger partial charge in [-0.1, -0.05) is 13.8 Å². The number of nitrogens with two attached hydrogens (primary N) is 1. The highest BCUT2D eigenvalue weighted by Gasteiger charge is 2.34. The van der Waals surface area contributed by atoms with Gasteiger partial charge in [-0.05, 0) is 18.3 Å². The van der Waals surface area contributed by atoms with E-state index in [0.29, 0.717) is 5.82 Å². The minimum absolute atomic E-state index is 0.114. The maximum absolute atomic E-state index is 6.15. The summed E-state index contributed by atoms with van der Waals surface area (Å²) in [6.45, 7) is 7.61. The maximum atomic E-state index is 6.15. The average molecular weight is 248 g/mol. The molecule has 1 saturated heterocycles. The highest BCUT2D eigenvalue weighted by molar-refractivity contribution is 5.54. The van der Waals surface area contributed by atoms with Crippen molar-refractivity contribution in [2.24, 2.45) is 0 Å². The molecule has 0 aromatic carbocycles. The first kappa shape index (κ1) is 11.7. The summed E-state index contributed by atoms with van der Waals surface area (Å²) in [5, 5.41) is 0. The van der Waals surface area contributed by atoms with E-state index >= 15 is 0 Å². The monoisotopic (exact) mass is 248 g/mol. The van der Waals surface area contributed by atoms with E-state index in [-0.39, 0.29) is 5.41 Å². The molecule has 0 spiro atoms. The molecular weight excluding hydrogens is 228 g/mol. The third kappa shape index (κ3) is 1.82. The lowest BCUT2D eigenvalue weighted by Crippen LogP contribution is -2.37. The standard InChI is InChI=1S/C13H20N4O/c1-13(2)4-3-9-10(13)11(14)16-12(15-9)17-5-7-18-8-6-17/h3-8H2,1-2H3,(H2,14,15,16). The molecule has 1 aliphatic heterocycles. The molecule has 5 heteroatoms. The number of hydrogen-bond acceptors (Lipinski definition) is 5. The number of hydrogen-bond donors (Lipinski definition) is 1. The van der Waals surface area contributed by atoms with E-state index < -0.39 is 0 Å². The topological polar surface area (TPSA) is 64.3 Å². The van der Waals surface area contributed by atoms with Gasteiger partial charge in [0.2, 0.25) is 5.95 Å². The molecule has 2 heterocycles. The van der Waals surface area contributed by atoms with Crippen LogP contribution >= 0.6 is 0 Å². The zero-order chi connectivity index (χ0) is 12.8. The van der Waals surface area contributed by atoms with Gasteiger partial charge in [0.05, 0.1) is 18.9 Å². The van der Waals surface area contributed by atoms with Gasteiger partial charge in [-0.2, -0.15) is 4.98 Å². The molecule has 1 fully saturated rings. The molecule has 0 unspecified atom stereocenters. The highest BCUT2D eigenvalue weighted by atomic mass is 16.5. The molecule has 1 aromatic heterocycles. The number of aryl methyl sites for hydroxylation is 1. The average Bonchev–Trinajstić information content (AvgIpc) is 2.67. The minimum atomic E-state index is 0.114. The van der Waals surface area contributed by atoms with Crippen molar-refractivity contribution in [1.29, 1.82) is 0 Å². The van der Waals surface area contributed by atoms with Crippen LogP contribution in [0.2, 0.25) is 0 Å². The highest BCUT2D eigenvalue weighted by Crippen LogP contribution is 2.40. The fourth-order valence-corrected chi connectivity index (χ4v) is 2.89. The molecule has 0 atom stereocenters. The van der Waals surface area contributed by atoms with Crippen molar-refractivity contribution in [1.82, 2.24) is 9.97 Å². The third-order valence-corrected chi connectivity index (χ3v) is 3.96. The Morgan fingerprint density at radius 2 is 1.94 bits per heavy atom. The van der Waals surface area contributed by atoms with Gasteiger partial charge < -0.3 is 15.4 Å². The Kier molecular flexibility index (Phi) is 2.66. The Bertz CT molecular complexity index is 466. The van der Waals surface area contributed by atoms with Crippen LogP contribution in [0, 0.1) is 0 Å². The second kappa shape index (κ2) is 4.09. The Morgan fingerprint density at radius 3 is 2.67 bits per heavy atom. The van der Waals surface area contributed by atoms with E-state index in [1.165, 1.54) is 0 Å². The van der Waals surface area contributed by atoms with Crippen molar-refractivity contribution in [2.75, 3.05) is 36.9 Å². The first-order valence-corrected chi connectivity index (χ1v) is 6.57. The van der Waals surface area contributed by atoms with Gasteiger partial charge in [0.1, 0.15) is 5.82 Å². The number of nitrogens with zero attached hydrogens (tertiary/aromatic N) is 3. The van der Waals surface area contributed by atoms with Crippen LogP contribution < -0.4 is 10.6 Å². The van der Waals surface area contributed by atoms with Crippen LogP contribution in [0.5, 0.6) is 0 Å². The molecule has 0 radical (unpaired) electrons. The lowest BCUT2D eigenvalue weighted by Gasteiger charge is -2.28. The van der Waals surface area contributed by atoms with Crippen LogP contribution in [0.3, 0.4) is 0 Å². The van der Waals surface area contributed by atoms with Crippen LogP contribution in [0.25, 0.3) is 0 Å². The molecule has 3 rings (SSSR count). The minimum Gasteiger partial charge on any atom is -0.383 e. The second-order valence-corrected chi connectivity index (χ2v) is 5.71. The Balaban J connectivity index is 1.97. The van der Waals surface area contributed by atoms with Crippen molar-refractivity contribution < 1.29 is 4.74 Å². The summed E-state index contributed by atoms with van der Waals surface area (Å²) in [5.74, 6) is 1.43. The molecular formula is C13H20N4O. The van der Waals surface area contributed by atoms with E-state index in [2.05, 4.69) is 23.7 Å². The smallest absolute Gasteiger partial charge is 0.227 e. The number of morpholine rings is 1. The number of fused-ring (bicyclic) bond motifs is 1. The van der Waals surface area contributed by atoms with Crippen LogP contribution in [0.1, 0.15) is 31.5 Å². The Labute approximate surface area is 107 Å². The maximum Gasteiger partial charge on any atom is 0.227 e. The van der Waals surface area contributed by atoms with Crippen molar-refractivity contribution in [3.05, 3.63) is 11.3 Å². The van der Waals surface area contributed by atoms with E-state index in [0.717, 1.165) is 56.4 Å². The molecule has 2 N–H and O–H groups in total. The van der Waals surface area contributed by atoms with Gasteiger partial charge in [-0.15, -0.1) is 0 Å². The van der Waals surface area contributed by atoms with Gasteiger partial charge in [0.15, 0.2) is 0 Å². The number of ether oxygens (including phenoxy) is 1. The van der Waals surface area contributed by atoms with Gasteiger partial charge in [0.25, 0.3) is 0 Å². The fraction of sp³-hybridized carbons (Fsp3) is 0.692.